The van der Waals surface area contributed by atoms with Crippen LogP contribution >= 0.6 is 0 Å². The van der Waals surface area contributed by atoms with Gasteiger partial charge in [-0.1, -0.05) is 12.1 Å². The lowest BCUT2D eigenvalue weighted by molar-refractivity contribution is 0.0183. The molecule has 0 aliphatic carbocycles. The Hall–Kier alpha value is -1.07. The van der Waals surface area contributed by atoms with E-state index in [0.29, 0.717) is 6.54 Å². The summed E-state index contributed by atoms with van der Waals surface area (Å²) >= 11 is 0. The highest BCUT2D eigenvalue weighted by atomic mass is 19.3. The van der Waals surface area contributed by atoms with E-state index < -0.39 is 13.0 Å². The van der Waals surface area contributed by atoms with Gasteiger partial charge in [0.15, 0.2) is 0 Å². The molecule has 2 nitrogen and oxygen atoms in total. The zero-order valence-electron chi connectivity index (χ0n) is 10.3. The van der Waals surface area contributed by atoms with Crippen LogP contribution in [0.3, 0.4) is 0 Å². The van der Waals surface area contributed by atoms with Crippen molar-refractivity contribution >= 4 is 0 Å². The van der Waals surface area contributed by atoms with Gasteiger partial charge in [-0.2, -0.15) is 0 Å². The van der Waals surface area contributed by atoms with Crippen molar-refractivity contribution in [3.63, 3.8) is 0 Å². The molecular weight excluding hydrogens is 243 g/mol. The maximum absolute atomic E-state index is 12.7. The summed E-state index contributed by atoms with van der Waals surface area (Å²) in [7, 11) is 0. The van der Waals surface area contributed by atoms with Crippen molar-refractivity contribution in [3.8, 4) is 0 Å². The van der Waals surface area contributed by atoms with Crippen molar-refractivity contribution in [2.24, 2.45) is 0 Å². The summed E-state index contributed by atoms with van der Waals surface area (Å²) in [5.41, 5.74) is 1.03. The van der Waals surface area contributed by atoms with Gasteiger partial charge < -0.3 is 10.1 Å². The van der Waals surface area contributed by atoms with Crippen molar-refractivity contribution < 1.29 is 17.9 Å². The molecule has 0 spiro atoms. The molecule has 1 unspecified atom stereocenters. The van der Waals surface area contributed by atoms with Gasteiger partial charge in [-0.25, -0.2) is 13.2 Å². The maximum Gasteiger partial charge on any atom is 0.261 e. The topological polar surface area (TPSA) is 21.3 Å². The number of benzene rings is 1. The van der Waals surface area contributed by atoms with E-state index in [0.717, 1.165) is 12.0 Å². The van der Waals surface area contributed by atoms with E-state index in [1.54, 1.807) is 12.1 Å². The average molecular weight is 261 g/mol. The Morgan fingerprint density at radius 2 is 1.89 bits per heavy atom. The highest BCUT2D eigenvalue weighted by molar-refractivity contribution is 5.16. The molecule has 0 aliphatic heterocycles. The summed E-state index contributed by atoms with van der Waals surface area (Å²) in [6, 6.07) is 6.51. The van der Waals surface area contributed by atoms with Gasteiger partial charge >= 0.3 is 0 Å². The van der Waals surface area contributed by atoms with Crippen molar-refractivity contribution in [1.82, 2.24) is 5.32 Å². The normalized spacial score (nSPS) is 12.9. The van der Waals surface area contributed by atoms with Crippen LogP contribution in [0.5, 0.6) is 0 Å². The fourth-order valence-electron chi connectivity index (χ4n) is 1.60. The van der Waals surface area contributed by atoms with Gasteiger partial charge in [-0.05, 0) is 31.0 Å². The Labute approximate surface area is 105 Å². The minimum Gasteiger partial charge on any atom is -0.374 e. The first kappa shape index (κ1) is 15.0. The van der Waals surface area contributed by atoms with Crippen LogP contribution in [0.2, 0.25) is 0 Å². The predicted octanol–water partition coefficient (Wildman–Crippen LogP) is 2.63. The molecule has 1 atom stereocenters. The van der Waals surface area contributed by atoms with Crippen molar-refractivity contribution in [2.45, 2.75) is 25.8 Å². The second-order valence-electron chi connectivity index (χ2n) is 4.15. The molecule has 5 heteroatoms. The largest absolute Gasteiger partial charge is 0.374 e. The van der Waals surface area contributed by atoms with Gasteiger partial charge in [0.1, 0.15) is 12.4 Å². The molecular formula is C13H18F3NO. The monoisotopic (exact) mass is 261 g/mol. The standard InChI is InChI=1S/C13H18F3NO/c1-10(17-6-7-18-9-13(15)16)8-11-2-4-12(14)5-3-11/h2-5,10,13,17H,6-9H2,1H3. The lowest BCUT2D eigenvalue weighted by Crippen LogP contribution is -2.31. The van der Waals surface area contributed by atoms with Crippen LogP contribution in [-0.4, -0.2) is 32.2 Å². The molecule has 1 N–H and O–H groups in total. The first-order chi connectivity index (χ1) is 8.58. The Morgan fingerprint density at radius 3 is 2.50 bits per heavy atom. The first-order valence-electron chi connectivity index (χ1n) is 5.91. The molecule has 0 radical (unpaired) electrons. The Morgan fingerprint density at radius 1 is 1.22 bits per heavy atom. The van der Waals surface area contributed by atoms with Crippen LogP contribution in [0.4, 0.5) is 13.2 Å². The average Bonchev–Trinajstić information content (AvgIpc) is 2.31. The second kappa shape index (κ2) is 8.11. The van der Waals surface area contributed by atoms with Crippen LogP contribution < -0.4 is 5.32 Å². The fraction of sp³-hybridized carbons (Fsp3) is 0.538. The third-order valence-corrected chi connectivity index (χ3v) is 2.44. The fourth-order valence-corrected chi connectivity index (χ4v) is 1.60. The summed E-state index contributed by atoms with van der Waals surface area (Å²) in [6.45, 7) is 2.25. The Kier molecular flexibility index (Phi) is 6.75. The summed E-state index contributed by atoms with van der Waals surface area (Å²) in [5.74, 6) is -0.250. The van der Waals surface area contributed by atoms with Crippen LogP contribution in [-0.2, 0) is 11.2 Å². The van der Waals surface area contributed by atoms with Gasteiger partial charge in [-0.3, -0.25) is 0 Å². The molecule has 1 aromatic rings. The van der Waals surface area contributed by atoms with E-state index in [9.17, 15) is 13.2 Å². The SMILES string of the molecule is CC(Cc1ccc(F)cc1)NCCOCC(F)F. The molecule has 0 heterocycles. The van der Waals surface area contributed by atoms with Crippen LogP contribution in [0.1, 0.15) is 12.5 Å². The van der Waals surface area contributed by atoms with E-state index >= 15 is 0 Å². The van der Waals surface area contributed by atoms with Gasteiger partial charge in [0.2, 0.25) is 0 Å². The van der Waals surface area contributed by atoms with Crippen molar-refractivity contribution in [2.75, 3.05) is 19.8 Å². The second-order valence-corrected chi connectivity index (χ2v) is 4.15. The van der Waals surface area contributed by atoms with E-state index in [2.05, 4.69) is 5.32 Å². The molecule has 0 bridgehead atoms. The molecule has 0 aliphatic rings. The first-order valence-corrected chi connectivity index (χ1v) is 5.91. The highest BCUT2D eigenvalue weighted by Crippen LogP contribution is 2.05. The van der Waals surface area contributed by atoms with Gasteiger partial charge in [0.05, 0.1) is 6.61 Å². The Balaban J connectivity index is 2.13. The molecule has 1 rings (SSSR count). The number of alkyl halides is 2. The van der Waals surface area contributed by atoms with Crippen LogP contribution in [0.15, 0.2) is 24.3 Å². The van der Waals surface area contributed by atoms with E-state index in [1.165, 1.54) is 12.1 Å². The number of hydrogen-bond acceptors (Lipinski definition) is 2. The van der Waals surface area contributed by atoms with Crippen LogP contribution in [0, 0.1) is 5.82 Å². The van der Waals surface area contributed by atoms with E-state index in [-0.39, 0.29) is 18.5 Å². The Bertz CT molecular complexity index is 330. The minimum absolute atomic E-state index is 0.186. The van der Waals surface area contributed by atoms with Crippen molar-refractivity contribution in [3.05, 3.63) is 35.6 Å². The zero-order valence-corrected chi connectivity index (χ0v) is 10.3. The maximum atomic E-state index is 12.7. The molecule has 0 saturated carbocycles. The summed E-state index contributed by atoms with van der Waals surface area (Å²) in [4.78, 5) is 0. The molecule has 1 aromatic carbocycles. The molecule has 18 heavy (non-hydrogen) atoms. The lowest BCUT2D eigenvalue weighted by atomic mass is 10.1. The number of halogens is 3. The predicted molar refractivity (Wildman–Crippen MR) is 64.4 cm³/mol. The molecule has 0 fully saturated rings. The van der Waals surface area contributed by atoms with Gasteiger partial charge in [0, 0.05) is 12.6 Å². The number of nitrogens with one attached hydrogen (secondary N) is 1. The number of rotatable bonds is 8. The summed E-state index contributed by atoms with van der Waals surface area (Å²) in [6.07, 6.45) is -1.66. The highest BCUT2D eigenvalue weighted by Gasteiger charge is 2.04. The third-order valence-electron chi connectivity index (χ3n) is 2.44. The summed E-state index contributed by atoms with van der Waals surface area (Å²) in [5, 5.41) is 3.16. The third kappa shape index (κ3) is 6.61. The number of ether oxygens (including phenoxy) is 1. The van der Waals surface area contributed by atoms with Gasteiger partial charge in [-0.15, -0.1) is 0 Å². The smallest absolute Gasteiger partial charge is 0.261 e. The summed E-state index contributed by atoms with van der Waals surface area (Å²) < 4.78 is 41.0. The molecule has 0 amide bonds. The quantitative estimate of drug-likeness (QED) is 0.726. The molecule has 0 saturated heterocycles. The van der Waals surface area contributed by atoms with E-state index in [1.807, 2.05) is 6.92 Å². The number of hydrogen-bond donors (Lipinski definition) is 1. The molecule has 102 valence electrons. The zero-order chi connectivity index (χ0) is 13.4. The van der Waals surface area contributed by atoms with Gasteiger partial charge in [0.25, 0.3) is 6.43 Å². The van der Waals surface area contributed by atoms with E-state index in [4.69, 9.17) is 4.74 Å². The molecule has 0 aromatic heterocycles. The van der Waals surface area contributed by atoms with Crippen LogP contribution in [0.25, 0.3) is 0 Å². The lowest BCUT2D eigenvalue weighted by Gasteiger charge is -2.14. The minimum atomic E-state index is -2.42. The van der Waals surface area contributed by atoms with Crippen molar-refractivity contribution in [1.29, 1.82) is 0 Å².